The average Bonchev–Trinajstić information content (AvgIpc) is 2.93. The Hall–Kier alpha value is -2.15. The topological polar surface area (TPSA) is 78.5 Å². The number of benzene rings is 1. The van der Waals surface area contributed by atoms with Crippen LogP contribution in [0.25, 0.3) is 0 Å². The Kier molecular flexibility index (Phi) is 6.36. The van der Waals surface area contributed by atoms with Crippen molar-refractivity contribution in [3.63, 3.8) is 0 Å². The maximum Gasteiger partial charge on any atom is 0.255 e. The number of rotatable bonds is 6. The van der Waals surface area contributed by atoms with Crippen LogP contribution in [0.3, 0.4) is 0 Å². The molecule has 1 aromatic carbocycles. The maximum absolute atomic E-state index is 13.6. The molecule has 0 aromatic heterocycles. The van der Waals surface area contributed by atoms with E-state index < -0.39 is 11.7 Å². The van der Waals surface area contributed by atoms with E-state index in [1.165, 1.54) is 12.1 Å². The lowest BCUT2D eigenvalue weighted by Gasteiger charge is -2.20. The zero-order valence-corrected chi connectivity index (χ0v) is 14.9. The molecule has 3 amide bonds. The Bertz CT molecular complexity index is 661. The van der Waals surface area contributed by atoms with Gasteiger partial charge in [-0.3, -0.25) is 14.4 Å². The molecule has 1 saturated heterocycles. The van der Waals surface area contributed by atoms with E-state index in [-0.39, 0.29) is 53.9 Å². The fourth-order valence-electron chi connectivity index (χ4n) is 2.72. The predicted molar refractivity (Wildman–Crippen MR) is 91.7 cm³/mol. The SMILES string of the molecule is CC(C)N1CC(C(=O)NCCNC(=O)c2c(F)cccc2Cl)CC1=O. The van der Waals surface area contributed by atoms with Crippen LogP contribution in [0.4, 0.5) is 4.39 Å². The van der Waals surface area contributed by atoms with Crippen LogP contribution in [0.15, 0.2) is 18.2 Å². The van der Waals surface area contributed by atoms with Crippen LogP contribution in [-0.4, -0.2) is 48.3 Å². The lowest BCUT2D eigenvalue weighted by Crippen LogP contribution is -2.39. The van der Waals surface area contributed by atoms with Crippen LogP contribution in [0.2, 0.25) is 5.02 Å². The number of carbonyl (C=O) groups excluding carboxylic acids is 3. The van der Waals surface area contributed by atoms with Gasteiger partial charge in [0.15, 0.2) is 0 Å². The number of carbonyl (C=O) groups is 3. The second-order valence-electron chi connectivity index (χ2n) is 6.18. The minimum atomic E-state index is -0.702. The molecular formula is C17H21ClFN3O3. The largest absolute Gasteiger partial charge is 0.354 e. The number of hydrogen-bond acceptors (Lipinski definition) is 3. The number of nitrogens with zero attached hydrogens (tertiary/aromatic N) is 1. The van der Waals surface area contributed by atoms with Gasteiger partial charge in [0.25, 0.3) is 5.91 Å². The molecule has 1 aromatic rings. The van der Waals surface area contributed by atoms with E-state index in [0.29, 0.717) is 6.54 Å². The summed E-state index contributed by atoms with van der Waals surface area (Å²) in [5, 5.41) is 5.22. The Morgan fingerprint density at radius 2 is 2.00 bits per heavy atom. The number of hydrogen-bond donors (Lipinski definition) is 2. The highest BCUT2D eigenvalue weighted by molar-refractivity contribution is 6.33. The van der Waals surface area contributed by atoms with E-state index in [2.05, 4.69) is 10.6 Å². The molecular weight excluding hydrogens is 349 g/mol. The van der Waals surface area contributed by atoms with Crippen LogP contribution < -0.4 is 10.6 Å². The highest BCUT2D eigenvalue weighted by Gasteiger charge is 2.35. The quantitative estimate of drug-likeness (QED) is 0.747. The summed E-state index contributed by atoms with van der Waals surface area (Å²) < 4.78 is 13.6. The molecule has 136 valence electrons. The summed E-state index contributed by atoms with van der Waals surface area (Å²) in [6.07, 6.45) is 0.196. The molecule has 2 rings (SSSR count). The van der Waals surface area contributed by atoms with Gasteiger partial charge in [-0.2, -0.15) is 0 Å². The number of likely N-dealkylation sites (tertiary alicyclic amines) is 1. The van der Waals surface area contributed by atoms with Gasteiger partial charge in [0.2, 0.25) is 11.8 Å². The van der Waals surface area contributed by atoms with Gasteiger partial charge in [0.05, 0.1) is 16.5 Å². The molecule has 0 radical (unpaired) electrons. The normalized spacial score (nSPS) is 17.1. The maximum atomic E-state index is 13.6. The van der Waals surface area contributed by atoms with Crippen LogP contribution in [0.1, 0.15) is 30.6 Å². The van der Waals surface area contributed by atoms with Gasteiger partial charge >= 0.3 is 0 Å². The molecule has 0 saturated carbocycles. The third-order valence-corrected chi connectivity index (χ3v) is 4.37. The Morgan fingerprint density at radius 3 is 2.60 bits per heavy atom. The van der Waals surface area contributed by atoms with E-state index in [1.807, 2.05) is 13.8 Å². The minimum Gasteiger partial charge on any atom is -0.354 e. The second-order valence-corrected chi connectivity index (χ2v) is 6.59. The highest BCUT2D eigenvalue weighted by atomic mass is 35.5. The second kappa shape index (κ2) is 8.29. The van der Waals surface area contributed by atoms with Crippen molar-refractivity contribution >= 4 is 29.3 Å². The molecule has 8 heteroatoms. The van der Waals surface area contributed by atoms with E-state index in [4.69, 9.17) is 11.6 Å². The minimum absolute atomic E-state index is 0.0276. The average molecular weight is 370 g/mol. The highest BCUT2D eigenvalue weighted by Crippen LogP contribution is 2.20. The van der Waals surface area contributed by atoms with E-state index in [1.54, 1.807) is 4.90 Å². The predicted octanol–water partition coefficient (Wildman–Crippen LogP) is 1.58. The van der Waals surface area contributed by atoms with Crippen LogP contribution in [0.5, 0.6) is 0 Å². The number of amides is 3. The first kappa shape index (κ1) is 19.2. The first-order chi connectivity index (χ1) is 11.8. The summed E-state index contributed by atoms with van der Waals surface area (Å²) in [4.78, 5) is 37.5. The molecule has 1 heterocycles. The fourth-order valence-corrected chi connectivity index (χ4v) is 2.96. The van der Waals surface area contributed by atoms with Crippen LogP contribution in [0, 0.1) is 11.7 Å². The van der Waals surface area contributed by atoms with Gasteiger partial charge in [-0.25, -0.2) is 4.39 Å². The Balaban J connectivity index is 1.77. The molecule has 6 nitrogen and oxygen atoms in total. The summed E-state index contributed by atoms with van der Waals surface area (Å²) in [6, 6.07) is 4.06. The van der Waals surface area contributed by atoms with Crippen molar-refractivity contribution in [3.8, 4) is 0 Å². The molecule has 0 spiro atoms. The zero-order chi connectivity index (χ0) is 18.6. The number of nitrogens with one attached hydrogen (secondary N) is 2. The molecule has 1 aliphatic rings. The van der Waals surface area contributed by atoms with Crippen molar-refractivity contribution in [1.82, 2.24) is 15.5 Å². The molecule has 2 N–H and O–H groups in total. The summed E-state index contributed by atoms with van der Waals surface area (Å²) >= 11 is 5.82. The lowest BCUT2D eigenvalue weighted by molar-refractivity contribution is -0.129. The zero-order valence-electron chi connectivity index (χ0n) is 14.1. The van der Waals surface area contributed by atoms with Gasteiger partial charge < -0.3 is 15.5 Å². The lowest BCUT2D eigenvalue weighted by atomic mass is 10.1. The van der Waals surface area contributed by atoms with Crippen molar-refractivity contribution in [3.05, 3.63) is 34.6 Å². The monoisotopic (exact) mass is 369 g/mol. The Morgan fingerprint density at radius 1 is 1.32 bits per heavy atom. The number of halogens is 2. The Labute approximate surface area is 150 Å². The van der Waals surface area contributed by atoms with Gasteiger partial charge in [-0.05, 0) is 26.0 Å². The van der Waals surface area contributed by atoms with E-state index >= 15 is 0 Å². The molecule has 25 heavy (non-hydrogen) atoms. The molecule has 1 aliphatic heterocycles. The summed E-state index contributed by atoms with van der Waals surface area (Å²) in [6.45, 7) is 4.52. The van der Waals surface area contributed by atoms with Crippen molar-refractivity contribution < 1.29 is 18.8 Å². The smallest absolute Gasteiger partial charge is 0.255 e. The first-order valence-corrected chi connectivity index (χ1v) is 8.48. The molecule has 1 fully saturated rings. The van der Waals surface area contributed by atoms with Gasteiger partial charge in [0, 0.05) is 32.1 Å². The summed E-state index contributed by atoms with van der Waals surface area (Å²) in [5.41, 5.74) is -0.218. The van der Waals surface area contributed by atoms with Gasteiger partial charge in [-0.15, -0.1) is 0 Å². The van der Waals surface area contributed by atoms with Gasteiger partial charge in [-0.1, -0.05) is 17.7 Å². The molecule has 1 unspecified atom stereocenters. The van der Waals surface area contributed by atoms with E-state index in [9.17, 15) is 18.8 Å². The molecule has 1 atom stereocenters. The van der Waals surface area contributed by atoms with Gasteiger partial charge in [0.1, 0.15) is 5.82 Å². The first-order valence-electron chi connectivity index (χ1n) is 8.10. The van der Waals surface area contributed by atoms with Crippen molar-refractivity contribution in [2.75, 3.05) is 19.6 Å². The van der Waals surface area contributed by atoms with Crippen LogP contribution in [-0.2, 0) is 9.59 Å². The summed E-state index contributed by atoms with van der Waals surface area (Å²) in [5.74, 6) is -1.98. The van der Waals surface area contributed by atoms with Crippen molar-refractivity contribution in [2.45, 2.75) is 26.3 Å². The van der Waals surface area contributed by atoms with Crippen LogP contribution >= 0.6 is 11.6 Å². The third-order valence-electron chi connectivity index (χ3n) is 4.05. The van der Waals surface area contributed by atoms with E-state index in [0.717, 1.165) is 6.07 Å². The van der Waals surface area contributed by atoms with Crippen molar-refractivity contribution in [1.29, 1.82) is 0 Å². The third kappa shape index (κ3) is 4.69. The standard InChI is InChI=1S/C17H21ClFN3O3/c1-10(2)22-9-11(8-14(22)23)16(24)20-6-7-21-17(25)15-12(18)4-3-5-13(15)19/h3-5,10-11H,6-9H2,1-2H3,(H,20,24)(H,21,25). The fraction of sp³-hybridized carbons (Fsp3) is 0.471. The molecule has 0 aliphatic carbocycles. The van der Waals surface area contributed by atoms with Crippen molar-refractivity contribution in [2.24, 2.45) is 5.92 Å². The molecule has 0 bridgehead atoms. The summed E-state index contributed by atoms with van der Waals surface area (Å²) in [7, 11) is 0.